The number of hydrogen-bond donors (Lipinski definition) is 1. The van der Waals surface area contributed by atoms with E-state index < -0.39 is 6.04 Å². The lowest BCUT2D eigenvalue weighted by atomic mass is 10.2. The summed E-state index contributed by atoms with van der Waals surface area (Å²) in [6, 6.07) is 1.53. The number of carbonyl (C=O) groups excluding carboxylic acids is 1. The van der Waals surface area contributed by atoms with Crippen molar-refractivity contribution in [1.29, 1.82) is 0 Å². The molecule has 2 nitrogen and oxygen atoms in total. The maximum Gasteiger partial charge on any atom is 0.151 e. The van der Waals surface area contributed by atoms with Crippen molar-refractivity contribution in [1.82, 2.24) is 0 Å². The van der Waals surface area contributed by atoms with E-state index in [0.29, 0.717) is 0 Å². The monoisotopic (exact) mass is 169 g/mol. The van der Waals surface area contributed by atoms with Crippen molar-refractivity contribution in [2.75, 3.05) is 0 Å². The lowest BCUT2D eigenvalue weighted by Gasteiger charge is -2.02. The van der Waals surface area contributed by atoms with Crippen LogP contribution < -0.4 is 5.73 Å². The molecule has 0 radical (unpaired) electrons. The van der Waals surface area contributed by atoms with E-state index in [0.717, 1.165) is 4.88 Å². The summed E-state index contributed by atoms with van der Waals surface area (Å²) < 4.78 is 0. The number of thiophene rings is 1. The first-order chi connectivity index (χ1) is 5.11. The molecule has 3 heteroatoms. The van der Waals surface area contributed by atoms with E-state index in [1.807, 2.05) is 18.4 Å². The molecule has 1 unspecified atom stereocenters. The molecule has 0 bridgehead atoms. The third-order valence-electron chi connectivity index (χ3n) is 1.50. The zero-order valence-corrected chi connectivity index (χ0v) is 7.44. The molecule has 2 N–H and O–H groups in total. The lowest BCUT2D eigenvalue weighted by molar-refractivity contribution is -0.118. The predicted octanol–water partition coefficient (Wildman–Crippen LogP) is 1.65. The Bertz CT molecular complexity index is 267. The van der Waals surface area contributed by atoms with Gasteiger partial charge in [-0.15, -0.1) is 11.3 Å². The molecule has 0 aromatic carbocycles. The first-order valence-corrected chi connectivity index (χ1v) is 4.30. The van der Waals surface area contributed by atoms with Gasteiger partial charge in [-0.3, -0.25) is 4.79 Å². The molecule has 1 aromatic heterocycles. The molecule has 1 heterocycles. The minimum atomic E-state index is -0.423. The van der Waals surface area contributed by atoms with Crippen molar-refractivity contribution in [2.45, 2.75) is 19.9 Å². The molecular weight excluding hydrogens is 158 g/mol. The van der Waals surface area contributed by atoms with Gasteiger partial charge in [0, 0.05) is 4.88 Å². The SMILES string of the molecule is CC(=O)C(N)c1cc(C)cs1. The van der Waals surface area contributed by atoms with Gasteiger partial charge >= 0.3 is 0 Å². The quantitative estimate of drug-likeness (QED) is 0.731. The molecular formula is C8H11NOS. The molecule has 0 saturated heterocycles. The first kappa shape index (κ1) is 8.43. The molecule has 60 valence electrons. The highest BCUT2D eigenvalue weighted by atomic mass is 32.1. The Balaban J connectivity index is 2.84. The average molecular weight is 169 g/mol. The number of nitrogens with two attached hydrogens (primary N) is 1. The van der Waals surface area contributed by atoms with Gasteiger partial charge in [-0.1, -0.05) is 0 Å². The standard InChI is InChI=1S/C8H11NOS/c1-5-3-7(11-4-5)8(9)6(2)10/h3-4,8H,9H2,1-2H3. The Morgan fingerprint density at radius 1 is 1.73 bits per heavy atom. The Morgan fingerprint density at radius 2 is 2.36 bits per heavy atom. The normalized spacial score (nSPS) is 13.0. The summed E-state index contributed by atoms with van der Waals surface area (Å²) in [6.07, 6.45) is 0. The third-order valence-corrected chi connectivity index (χ3v) is 2.63. The van der Waals surface area contributed by atoms with Crippen molar-refractivity contribution in [2.24, 2.45) is 5.73 Å². The van der Waals surface area contributed by atoms with Gasteiger partial charge in [0.2, 0.25) is 0 Å². The molecule has 0 saturated carbocycles. The van der Waals surface area contributed by atoms with Crippen LogP contribution in [-0.2, 0) is 4.79 Å². The van der Waals surface area contributed by atoms with Crippen molar-refractivity contribution >= 4 is 17.1 Å². The fourth-order valence-corrected chi connectivity index (χ4v) is 1.77. The van der Waals surface area contributed by atoms with Crippen LogP contribution in [0.3, 0.4) is 0 Å². The zero-order chi connectivity index (χ0) is 8.43. The number of hydrogen-bond acceptors (Lipinski definition) is 3. The van der Waals surface area contributed by atoms with Crippen molar-refractivity contribution in [3.63, 3.8) is 0 Å². The molecule has 0 amide bonds. The Morgan fingerprint density at radius 3 is 2.73 bits per heavy atom. The number of aryl methyl sites for hydroxylation is 1. The molecule has 0 aliphatic rings. The molecule has 1 rings (SSSR count). The summed E-state index contributed by atoms with van der Waals surface area (Å²) in [5.41, 5.74) is 6.78. The first-order valence-electron chi connectivity index (χ1n) is 3.42. The number of Topliss-reactive ketones (excluding diaryl/α,β-unsaturated/α-hetero) is 1. The van der Waals surface area contributed by atoms with Gasteiger partial charge in [0.05, 0.1) is 6.04 Å². The Kier molecular flexibility index (Phi) is 2.42. The predicted molar refractivity (Wildman–Crippen MR) is 46.7 cm³/mol. The van der Waals surface area contributed by atoms with Crippen LogP contribution in [0, 0.1) is 6.92 Å². The van der Waals surface area contributed by atoms with Crippen LogP contribution in [0.2, 0.25) is 0 Å². The minimum absolute atomic E-state index is 0.0202. The van der Waals surface area contributed by atoms with Gasteiger partial charge < -0.3 is 5.73 Å². The van der Waals surface area contributed by atoms with E-state index in [2.05, 4.69) is 0 Å². The fourth-order valence-electron chi connectivity index (χ4n) is 0.817. The lowest BCUT2D eigenvalue weighted by Crippen LogP contribution is -2.16. The number of carbonyl (C=O) groups is 1. The van der Waals surface area contributed by atoms with Gasteiger partial charge in [0.25, 0.3) is 0 Å². The summed E-state index contributed by atoms with van der Waals surface area (Å²) >= 11 is 1.54. The minimum Gasteiger partial charge on any atom is -0.317 e. The molecule has 1 aromatic rings. The second-order valence-electron chi connectivity index (χ2n) is 2.61. The number of rotatable bonds is 2. The highest BCUT2D eigenvalue weighted by Crippen LogP contribution is 2.20. The largest absolute Gasteiger partial charge is 0.317 e. The second-order valence-corrected chi connectivity index (χ2v) is 3.56. The van der Waals surface area contributed by atoms with Crippen molar-refractivity contribution < 1.29 is 4.79 Å². The number of ketones is 1. The summed E-state index contributed by atoms with van der Waals surface area (Å²) in [6.45, 7) is 3.51. The van der Waals surface area contributed by atoms with Gasteiger partial charge in [-0.05, 0) is 30.9 Å². The van der Waals surface area contributed by atoms with Crippen molar-refractivity contribution in [3.05, 3.63) is 21.9 Å². The molecule has 0 aliphatic heterocycles. The van der Waals surface area contributed by atoms with E-state index in [4.69, 9.17) is 5.73 Å². The van der Waals surface area contributed by atoms with Crippen LogP contribution in [0.1, 0.15) is 23.4 Å². The molecule has 0 aliphatic carbocycles. The van der Waals surface area contributed by atoms with Crippen LogP contribution >= 0.6 is 11.3 Å². The average Bonchev–Trinajstić information content (AvgIpc) is 2.34. The van der Waals surface area contributed by atoms with Crippen LogP contribution in [0.5, 0.6) is 0 Å². The molecule has 11 heavy (non-hydrogen) atoms. The third kappa shape index (κ3) is 1.88. The van der Waals surface area contributed by atoms with Crippen molar-refractivity contribution in [3.8, 4) is 0 Å². The highest BCUT2D eigenvalue weighted by Gasteiger charge is 2.11. The summed E-state index contributed by atoms with van der Waals surface area (Å²) in [4.78, 5) is 11.8. The van der Waals surface area contributed by atoms with Crippen LogP contribution in [0.15, 0.2) is 11.4 Å². The van der Waals surface area contributed by atoms with Gasteiger partial charge in [-0.25, -0.2) is 0 Å². The second kappa shape index (κ2) is 3.15. The van der Waals surface area contributed by atoms with Crippen LogP contribution in [0.4, 0.5) is 0 Å². The van der Waals surface area contributed by atoms with E-state index >= 15 is 0 Å². The maximum atomic E-state index is 10.8. The van der Waals surface area contributed by atoms with E-state index in [-0.39, 0.29) is 5.78 Å². The smallest absolute Gasteiger partial charge is 0.151 e. The molecule has 0 fully saturated rings. The summed E-state index contributed by atoms with van der Waals surface area (Å²) in [5, 5.41) is 2.00. The Hall–Kier alpha value is -0.670. The van der Waals surface area contributed by atoms with Crippen LogP contribution in [-0.4, -0.2) is 5.78 Å². The topological polar surface area (TPSA) is 43.1 Å². The molecule has 0 spiro atoms. The molecule has 1 atom stereocenters. The Labute approximate surface area is 70.0 Å². The van der Waals surface area contributed by atoms with Crippen LogP contribution in [0.25, 0.3) is 0 Å². The summed E-state index contributed by atoms with van der Waals surface area (Å²) in [7, 11) is 0. The van der Waals surface area contributed by atoms with Gasteiger partial charge in [0.1, 0.15) is 0 Å². The van der Waals surface area contributed by atoms with E-state index in [1.165, 1.54) is 12.5 Å². The fraction of sp³-hybridized carbons (Fsp3) is 0.375. The van der Waals surface area contributed by atoms with E-state index in [9.17, 15) is 4.79 Å². The highest BCUT2D eigenvalue weighted by molar-refractivity contribution is 7.10. The summed E-state index contributed by atoms with van der Waals surface area (Å²) in [5.74, 6) is 0.0202. The van der Waals surface area contributed by atoms with Gasteiger partial charge in [0.15, 0.2) is 5.78 Å². The van der Waals surface area contributed by atoms with E-state index in [1.54, 1.807) is 11.3 Å². The zero-order valence-electron chi connectivity index (χ0n) is 6.63. The maximum absolute atomic E-state index is 10.8. The van der Waals surface area contributed by atoms with Gasteiger partial charge in [-0.2, -0.15) is 0 Å².